The second-order valence-corrected chi connectivity index (χ2v) is 8.53. The lowest BCUT2D eigenvalue weighted by atomic mass is 10.1. The molecule has 4 rings (SSSR count). The molecule has 0 aromatic heterocycles. The zero-order chi connectivity index (χ0) is 18.3. The molecule has 2 aliphatic heterocycles. The summed E-state index contributed by atoms with van der Waals surface area (Å²) in [6, 6.07) is 11.5. The van der Waals surface area contributed by atoms with Gasteiger partial charge in [-0.2, -0.15) is 0 Å². The molecule has 0 saturated carbocycles. The number of fused-ring (bicyclic) bond motifs is 1. The van der Waals surface area contributed by atoms with E-state index in [0.717, 1.165) is 37.2 Å². The van der Waals surface area contributed by atoms with Gasteiger partial charge in [-0.3, -0.25) is 4.31 Å². The predicted molar refractivity (Wildman–Crippen MR) is 99.5 cm³/mol. The summed E-state index contributed by atoms with van der Waals surface area (Å²) in [5, 5.41) is 9.14. The molecule has 0 spiro atoms. The fourth-order valence-electron chi connectivity index (χ4n) is 3.68. The minimum atomic E-state index is -3.80. The topological polar surface area (TPSA) is 77.9 Å². The number of carboxylic acid groups (broad SMARTS) is 1. The quantitative estimate of drug-likeness (QED) is 0.893. The van der Waals surface area contributed by atoms with E-state index in [9.17, 15) is 13.2 Å². The molecule has 1 saturated heterocycles. The van der Waals surface area contributed by atoms with Gasteiger partial charge in [-0.1, -0.05) is 12.1 Å². The molecule has 136 valence electrons. The van der Waals surface area contributed by atoms with E-state index >= 15 is 0 Å². The molecule has 2 aromatic carbocycles. The van der Waals surface area contributed by atoms with Crippen LogP contribution in [-0.4, -0.2) is 39.1 Å². The number of benzene rings is 2. The van der Waals surface area contributed by atoms with Crippen LogP contribution in [-0.2, 0) is 16.4 Å². The Balaban J connectivity index is 1.72. The summed E-state index contributed by atoms with van der Waals surface area (Å²) < 4.78 is 27.7. The lowest BCUT2D eigenvalue weighted by Gasteiger charge is -2.23. The van der Waals surface area contributed by atoms with Crippen LogP contribution in [0, 0.1) is 0 Å². The summed E-state index contributed by atoms with van der Waals surface area (Å²) in [5.74, 6) is -1.14. The minimum Gasteiger partial charge on any atom is -0.478 e. The SMILES string of the molecule is O=C(O)c1cccc(S(=O)(=O)N2CCc3ccc(N4CCCC4)cc32)c1. The van der Waals surface area contributed by atoms with Gasteiger partial charge in [-0.15, -0.1) is 0 Å². The number of nitrogens with zero attached hydrogens (tertiary/aromatic N) is 2. The average molecular weight is 372 g/mol. The maximum absolute atomic E-state index is 13.1. The van der Waals surface area contributed by atoms with Crippen molar-refractivity contribution in [2.45, 2.75) is 24.2 Å². The van der Waals surface area contributed by atoms with Crippen molar-refractivity contribution in [3.63, 3.8) is 0 Å². The van der Waals surface area contributed by atoms with E-state index in [1.165, 1.54) is 28.6 Å². The molecule has 1 N–H and O–H groups in total. The Bertz CT molecular complexity index is 965. The molecule has 0 unspecified atom stereocenters. The Morgan fingerprint density at radius 3 is 2.50 bits per heavy atom. The van der Waals surface area contributed by atoms with Crippen molar-refractivity contribution in [2.75, 3.05) is 28.8 Å². The standard InChI is InChI=1S/C19H20N2O4S/c22-19(23)15-4-3-5-17(12-15)26(24,25)21-11-8-14-6-7-16(13-18(14)21)20-9-1-2-10-20/h3-7,12-13H,1-2,8-11H2,(H,22,23). The van der Waals surface area contributed by atoms with E-state index < -0.39 is 16.0 Å². The van der Waals surface area contributed by atoms with E-state index in [-0.39, 0.29) is 10.5 Å². The molecular weight excluding hydrogens is 352 g/mol. The first-order valence-corrected chi connectivity index (χ1v) is 10.1. The highest BCUT2D eigenvalue weighted by atomic mass is 32.2. The molecule has 0 aliphatic carbocycles. The summed E-state index contributed by atoms with van der Waals surface area (Å²) in [4.78, 5) is 13.5. The van der Waals surface area contributed by atoms with Crippen LogP contribution >= 0.6 is 0 Å². The largest absolute Gasteiger partial charge is 0.478 e. The van der Waals surface area contributed by atoms with Gasteiger partial charge in [0.25, 0.3) is 10.0 Å². The van der Waals surface area contributed by atoms with E-state index in [1.807, 2.05) is 12.1 Å². The van der Waals surface area contributed by atoms with Crippen LogP contribution in [0.15, 0.2) is 47.4 Å². The molecule has 0 amide bonds. The summed E-state index contributed by atoms with van der Waals surface area (Å²) in [7, 11) is -3.80. The van der Waals surface area contributed by atoms with Crippen LogP contribution in [0.3, 0.4) is 0 Å². The number of rotatable bonds is 4. The third-order valence-electron chi connectivity index (χ3n) is 5.06. The Kier molecular flexibility index (Phi) is 4.11. The van der Waals surface area contributed by atoms with Gasteiger partial charge in [0.15, 0.2) is 0 Å². The Hall–Kier alpha value is -2.54. The highest BCUT2D eigenvalue weighted by molar-refractivity contribution is 7.92. The van der Waals surface area contributed by atoms with Crippen LogP contribution < -0.4 is 9.21 Å². The summed E-state index contributed by atoms with van der Waals surface area (Å²) >= 11 is 0. The van der Waals surface area contributed by atoms with Crippen molar-refractivity contribution in [2.24, 2.45) is 0 Å². The monoisotopic (exact) mass is 372 g/mol. The fourth-order valence-corrected chi connectivity index (χ4v) is 5.22. The van der Waals surface area contributed by atoms with Crippen molar-refractivity contribution in [1.82, 2.24) is 0 Å². The molecule has 2 aromatic rings. The Morgan fingerprint density at radius 2 is 1.77 bits per heavy atom. The van der Waals surface area contributed by atoms with Crippen LogP contribution in [0.2, 0.25) is 0 Å². The first kappa shape index (κ1) is 16.9. The zero-order valence-corrected chi connectivity index (χ0v) is 15.1. The molecule has 0 atom stereocenters. The molecule has 2 heterocycles. The highest BCUT2D eigenvalue weighted by Gasteiger charge is 2.32. The number of anilines is 2. The molecule has 0 radical (unpaired) electrons. The van der Waals surface area contributed by atoms with Crippen molar-refractivity contribution in [3.05, 3.63) is 53.6 Å². The lowest BCUT2D eigenvalue weighted by Crippen LogP contribution is -2.29. The van der Waals surface area contributed by atoms with Crippen molar-refractivity contribution >= 4 is 27.4 Å². The second-order valence-electron chi connectivity index (χ2n) is 6.67. The van der Waals surface area contributed by atoms with Crippen LogP contribution in [0.1, 0.15) is 28.8 Å². The van der Waals surface area contributed by atoms with Crippen LogP contribution in [0.4, 0.5) is 11.4 Å². The smallest absolute Gasteiger partial charge is 0.335 e. The Morgan fingerprint density at radius 1 is 1.00 bits per heavy atom. The molecular formula is C19H20N2O4S. The van der Waals surface area contributed by atoms with Gasteiger partial charge < -0.3 is 10.0 Å². The van der Waals surface area contributed by atoms with Crippen molar-refractivity contribution in [1.29, 1.82) is 0 Å². The van der Waals surface area contributed by atoms with Gasteiger partial charge in [0.05, 0.1) is 16.1 Å². The number of sulfonamides is 1. The number of carbonyl (C=O) groups is 1. The average Bonchev–Trinajstić information content (AvgIpc) is 3.31. The summed E-state index contributed by atoms with van der Waals surface area (Å²) in [6.45, 7) is 2.36. The van der Waals surface area contributed by atoms with Gasteiger partial charge >= 0.3 is 5.97 Å². The predicted octanol–water partition coefficient (Wildman–Crippen LogP) is 2.74. The van der Waals surface area contributed by atoms with E-state index in [4.69, 9.17) is 5.11 Å². The number of aromatic carboxylic acids is 1. The second kappa shape index (κ2) is 6.32. The van der Waals surface area contributed by atoms with Gasteiger partial charge in [0, 0.05) is 25.3 Å². The molecule has 1 fully saturated rings. The maximum Gasteiger partial charge on any atom is 0.335 e. The van der Waals surface area contributed by atoms with Crippen molar-refractivity contribution in [3.8, 4) is 0 Å². The normalized spacial score (nSPS) is 16.8. The van der Waals surface area contributed by atoms with Crippen LogP contribution in [0.5, 0.6) is 0 Å². The summed E-state index contributed by atoms with van der Waals surface area (Å²) in [5.41, 5.74) is 2.72. The van der Waals surface area contributed by atoms with Gasteiger partial charge in [0.2, 0.25) is 0 Å². The van der Waals surface area contributed by atoms with E-state index in [0.29, 0.717) is 18.7 Å². The van der Waals surface area contributed by atoms with Gasteiger partial charge in [0.1, 0.15) is 0 Å². The van der Waals surface area contributed by atoms with Gasteiger partial charge in [-0.05, 0) is 55.2 Å². The molecule has 26 heavy (non-hydrogen) atoms. The number of carboxylic acids is 1. The van der Waals surface area contributed by atoms with E-state index in [1.54, 1.807) is 0 Å². The molecule has 2 aliphatic rings. The van der Waals surface area contributed by atoms with Crippen molar-refractivity contribution < 1.29 is 18.3 Å². The Labute approximate surface area is 152 Å². The number of hydrogen-bond acceptors (Lipinski definition) is 4. The fraction of sp³-hybridized carbons (Fsp3) is 0.316. The zero-order valence-electron chi connectivity index (χ0n) is 14.3. The molecule has 6 nitrogen and oxygen atoms in total. The number of hydrogen-bond donors (Lipinski definition) is 1. The first-order valence-electron chi connectivity index (χ1n) is 8.71. The molecule has 0 bridgehead atoms. The minimum absolute atomic E-state index is 0.0109. The third kappa shape index (κ3) is 2.82. The van der Waals surface area contributed by atoms with Gasteiger partial charge in [-0.25, -0.2) is 13.2 Å². The highest BCUT2D eigenvalue weighted by Crippen LogP contribution is 2.36. The van der Waals surface area contributed by atoms with E-state index in [2.05, 4.69) is 11.0 Å². The van der Waals surface area contributed by atoms with Crippen LogP contribution in [0.25, 0.3) is 0 Å². The maximum atomic E-state index is 13.1. The third-order valence-corrected chi connectivity index (χ3v) is 6.87. The lowest BCUT2D eigenvalue weighted by molar-refractivity contribution is 0.0696. The molecule has 7 heteroatoms. The first-order chi connectivity index (χ1) is 12.5. The summed E-state index contributed by atoms with van der Waals surface area (Å²) in [6.07, 6.45) is 2.97.